The predicted molar refractivity (Wildman–Crippen MR) is 187 cm³/mol. The van der Waals surface area contributed by atoms with Crippen LogP contribution in [0.3, 0.4) is 0 Å². The highest BCUT2D eigenvalue weighted by atomic mass is 35.5. The molecule has 3 aliphatic rings. The van der Waals surface area contributed by atoms with E-state index in [0.29, 0.717) is 87.3 Å². The molecule has 2 saturated heterocycles. The summed E-state index contributed by atoms with van der Waals surface area (Å²) in [6, 6.07) is 10.7. The second kappa shape index (κ2) is 15.4. The molecule has 50 heavy (non-hydrogen) atoms. The number of methoxy groups -OCH3 is 2. The highest BCUT2D eigenvalue weighted by molar-refractivity contribution is 6.40. The molecule has 15 heteroatoms. The van der Waals surface area contributed by atoms with Crippen LogP contribution in [0.1, 0.15) is 26.3 Å². The Hall–Kier alpha value is -4.14. The highest BCUT2D eigenvalue weighted by Gasteiger charge is 2.34. The molecule has 2 N–H and O–H groups in total. The number of anilines is 2. The second-order valence-electron chi connectivity index (χ2n) is 12.2. The number of ether oxygens (including phenoxy) is 4. The average molecular weight is 731 g/mol. The molecular weight excluding hydrogens is 692 g/mol. The Kier molecular flexibility index (Phi) is 11.0. The maximum atomic E-state index is 15.7. The minimum atomic E-state index is -0.643. The van der Waals surface area contributed by atoms with Gasteiger partial charge in [0.1, 0.15) is 17.6 Å². The summed E-state index contributed by atoms with van der Waals surface area (Å²) >= 11 is 13.4. The first-order valence-electron chi connectivity index (χ1n) is 16.2. The minimum absolute atomic E-state index is 0.0919. The van der Waals surface area contributed by atoms with Gasteiger partial charge in [-0.25, -0.2) is 9.18 Å². The molecule has 3 aliphatic heterocycles. The molecule has 0 aromatic heterocycles. The summed E-state index contributed by atoms with van der Waals surface area (Å²) < 4.78 is 37.5. The van der Waals surface area contributed by atoms with Crippen LogP contribution in [-0.4, -0.2) is 114 Å². The summed E-state index contributed by atoms with van der Waals surface area (Å²) in [7, 11) is 2.88. The van der Waals surface area contributed by atoms with Crippen LogP contribution in [0.15, 0.2) is 42.5 Å². The zero-order valence-corrected chi connectivity index (χ0v) is 29.3. The zero-order valence-electron chi connectivity index (χ0n) is 27.8. The third-order valence-electron chi connectivity index (χ3n) is 9.22. The van der Waals surface area contributed by atoms with Gasteiger partial charge in [-0.2, -0.15) is 0 Å². The van der Waals surface area contributed by atoms with Crippen LogP contribution < -0.4 is 20.3 Å². The minimum Gasteiger partial charge on any atom is -0.472 e. The molecule has 3 aromatic carbocycles. The van der Waals surface area contributed by atoms with Crippen molar-refractivity contribution >= 4 is 52.4 Å². The van der Waals surface area contributed by atoms with Crippen LogP contribution in [0.5, 0.6) is 5.75 Å². The van der Waals surface area contributed by atoms with E-state index in [4.69, 9.17) is 47.9 Å². The van der Waals surface area contributed by atoms with Crippen molar-refractivity contribution in [1.82, 2.24) is 9.80 Å². The monoisotopic (exact) mass is 729 g/mol. The van der Waals surface area contributed by atoms with Gasteiger partial charge in [-0.05, 0) is 24.3 Å². The fourth-order valence-electron chi connectivity index (χ4n) is 6.63. The number of piperazine rings is 1. The Morgan fingerprint density at radius 3 is 2.42 bits per heavy atom. The summed E-state index contributed by atoms with van der Waals surface area (Å²) in [6.07, 6.45) is 0. The number of carbonyl (C=O) groups is 3. The van der Waals surface area contributed by atoms with Crippen molar-refractivity contribution in [3.05, 3.63) is 75.0 Å². The maximum absolute atomic E-state index is 15.7. The fraction of sp³-hybridized carbons (Fsp3) is 0.400. The summed E-state index contributed by atoms with van der Waals surface area (Å²) in [6.45, 7) is 4.76. The number of nitrogens with two attached hydrogens (primary N) is 1. The van der Waals surface area contributed by atoms with E-state index in [1.807, 2.05) is 9.80 Å². The quantitative estimate of drug-likeness (QED) is 0.323. The summed E-state index contributed by atoms with van der Waals surface area (Å²) in [4.78, 5) is 46.3. The van der Waals surface area contributed by atoms with E-state index in [1.54, 1.807) is 43.5 Å². The molecule has 266 valence electrons. The zero-order chi connectivity index (χ0) is 35.5. The molecule has 0 aliphatic carbocycles. The van der Waals surface area contributed by atoms with Crippen molar-refractivity contribution in [1.29, 1.82) is 0 Å². The summed E-state index contributed by atoms with van der Waals surface area (Å²) in [5.74, 6) is -1.78. The van der Waals surface area contributed by atoms with Gasteiger partial charge in [0.25, 0.3) is 5.91 Å². The van der Waals surface area contributed by atoms with E-state index in [9.17, 15) is 14.4 Å². The van der Waals surface area contributed by atoms with E-state index in [2.05, 4.69) is 4.90 Å². The molecule has 0 radical (unpaired) electrons. The molecular formula is C35H38Cl2FN5O7. The Labute approximate surface area is 299 Å². The molecule has 1 unspecified atom stereocenters. The number of primary amides is 1. The molecule has 0 saturated carbocycles. The van der Waals surface area contributed by atoms with Gasteiger partial charge in [-0.3, -0.25) is 14.5 Å². The van der Waals surface area contributed by atoms with Gasteiger partial charge >= 0.3 is 5.97 Å². The molecule has 2 amide bonds. The maximum Gasteiger partial charge on any atom is 0.340 e. The number of carbonyl (C=O) groups excluding carboxylic acids is 3. The standard InChI is InChI=1S/C35H38Cl2FN5O7/c1-47-11-8-40-6-7-43(30(19-40)33(39)44)22-14-26(36)31(27(37)15-22)34(45)42-18-21-4-3-5-23(32(21)50-20-42)24-17-29(41-9-12-49-13-10-41)25(16-28(24)38)35(46)48-2/h3-5,14-17,30H,6-13,18-20H2,1-2H3,(H2,39,44). The van der Waals surface area contributed by atoms with Gasteiger partial charge in [0, 0.05) is 68.8 Å². The lowest BCUT2D eigenvalue weighted by Gasteiger charge is -2.41. The Morgan fingerprint density at radius 2 is 1.74 bits per heavy atom. The molecule has 3 aromatic rings. The molecule has 0 spiro atoms. The van der Waals surface area contributed by atoms with Crippen LogP contribution in [0.2, 0.25) is 10.0 Å². The van der Waals surface area contributed by atoms with Gasteiger partial charge < -0.3 is 39.4 Å². The third-order valence-corrected chi connectivity index (χ3v) is 9.82. The van der Waals surface area contributed by atoms with Crippen molar-refractivity contribution in [2.75, 3.05) is 89.8 Å². The second-order valence-corrected chi connectivity index (χ2v) is 13.0. The SMILES string of the molecule is COCCN1CCN(c2cc(Cl)c(C(=O)N3COc4c(cccc4-c4cc(N5CCOCC5)c(C(=O)OC)cc4F)C3)c(Cl)c2)C(C(N)=O)C1. The number of esters is 1. The summed E-state index contributed by atoms with van der Waals surface area (Å²) in [5, 5.41) is 0.232. The number of halogens is 3. The molecule has 3 heterocycles. The Balaban J connectivity index is 1.25. The predicted octanol–water partition coefficient (Wildman–Crippen LogP) is 4.04. The smallest absolute Gasteiger partial charge is 0.340 e. The number of hydrogen-bond acceptors (Lipinski definition) is 10. The first-order valence-corrected chi connectivity index (χ1v) is 16.9. The largest absolute Gasteiger partial charge is 0.472 e. The van der Waals surface area contributed by atoms with E-state index in [0.717, 1.165) is 0 Å². The van der Waals surface area contributed by atoms with Crippen molar-refractivity contribution in [3.63, 3.8) is 0 Å². The lowest BCUT2D eigenvalue weighted by molar-refractivity contribution is -0.120. The Bertz CT molecular complexity index is 1770. The van der Waals surface area contributed by atoms with Gasteiger partial charge in [0.05, 0.1) is 60.3 Å². The van der Waals surface area contributed by atoms with Crippen LogP contribution >= 0.6 is 23.2 Å². The molecule has 0 bridgehead atoms. The topological polar surface area (TPSA) is 127 Å². The first-order chi connectivity index (χ1) is 24.1. The normalized spacial score (nSPS) is 18.0. The molecule has 2 fully saturated rings. The van der Waals surface area contributed by atoms with E-state index < -0.39 is 29.6 Å². The van der Waals surface area contributed by atoms with E-state index in [-0.39, 0.29) is 40.0 Å². The number of benzene rings is 3. The van der Waals surface area contributed by atoms with Crippen molar-refractivity contribution in [2.45, 2.75) is 12.6 Å². The Morgan fingerprint density at radius 1 is 1.00 bits per heavy atom. The van der Waals surface area contributed by atoms with E-state index >= 15 is 4.39 Å². The lowest BCUT2D eigenvalue weighted by Crippen LogP contribution is -2.58. The van der Waals surface area contributed by atoms with Gasteiger partial charge in [0.15, 0.2) is 6.73 Å². The molecule has 1 atom stereocenters. The fourth-order valence-corrected chi connectivity index (χ4v) is 7.26. The number of fused-ring (bicyclic) bond motifs is 1. The highest BCUT2D eigenvalue weighted by Crippen LogP contribution is 2.41. The number of hydrogen-bond donors (Lipinski definition) is 1. The number of para-hydroxylation sites is 1. The summed E-state index contributed by atoms with van der Waals surface area (Å²) in [5.41, 5.74) is 8.46. The van der Waals surface area contributed by atoms with Crippen molar-refractivity contribution < 1.29 is 37.7 Å². The van der Waals surface area contributed by atoms with Gasteiger partial charge in [-0.1, -0.05) is 41.4 Å². The van der Waals surface area contributed by atoms with Crippen LogP contribution in [0, 0.1) is 5.82 Å². The van der Waals surface area contributed by atoms with Gasteiger partial charge in [0.2, 0.25) is 5.91 Å². The van der Waals surface area contributed by atoms with Crippen molar-refractivity contribution in [2.24, 2.45) is 5.73 Å². The number of amides is 2. The molecule has 12 nitrogen and oxygen atoms in total. The number of nitrogens with zero attached hydrogens (tertiary/aromatic N) is 4. The van der Waals surface area contributed by atoms with Gasteiger partial charge in [-0.15, -0.1) is 0 Å². The van der Waals surface area contributed by atoms with Crippen LogP contribution in [0.4, 0.5) is 15.8 Å². The van der Waals surface area contributed by atoms with Crippen molar-refractivity contribution in [3.8, 4) is 16.9 Å². The third kappa shape index (κ3) is 7.19. The average Bonchev–Trinajstić information content (AvgIpc) is 3.12. The number of rotatable bonds is 9. The van der Waals surface area contributed by atoms with Crippen LogP contribution in [0.25, 0.3) is 11.1 Å². The van der Waals surface area contributed by atoms with E-state index in [1.165, 1.54) is 18.1 Å². The number of morpholine rings is 1. The first kappa shape index (κ1) is 35.7. The molecule has 6 rings (SSSR count). The van der Waals surface area contributed by atoms with Crippen LogP contribution in [-0.2, 0) is 25.5 Å². The lowest BCUT2D eigenvalue weighted by atomic mass is 9.97.